The van der Waals surface area contributed by atoms with Gasteiger partial charge >= 0.3 is 12.5 Å². The molecule has 0 radical (unpaired) electrons. The summed E-state index contributed by atoms with van der Waals surface area (Å²) in [5, 5.41) is 13.0. The summed E-state index contributed by atoms with van der Waals surface area (Å²) in [6.07, 6.45) is -2.79. The minimum Gasteiger partial charge on any atom is -0.481 e. The fraction of sp³-hybridized carbons (Fsp3) is 0.565. The number of ether oxygens (including phenoxy) is 3. The minimum atomic E-state index is -4.79. The van der Waals surface area contributed by atoms with Crippen molar-refractivity contribution in [2.75, 3.05) is 12.4 Å². The quantitative estimate of drug-likeness (QED) is 0.365. The number of carbonyl (C=O) groups is 1. The summed E-state index contributed by atoms with van der Waals surface area (Å²) in [7, 11) is 1.40. The summed E-state index contributed by atoms with van der Waals surface area (Å²) in [6.45, 7) is -0.770. The second kappa shape index (κ2) is 8.99. The van der Waals surface area contributed by atoms with Crippen LogP contribution in [-0.2, 0) is 16.1 Å². The summed E-state index contributed by atoms with van der Waals surface area (Å²) < 4.78 is 67.9. The van der Waals surface area contributed by atoms with Crippen LogP contribution in [0.5, 0.6) is 5.88 Å². The van der Waals surface area contributed by atoms with Gasteiger partial charge in [-0.25, -0.2) is 14.2 Å². The lowest BCUT2D eigenvalue weighted by atomic mass is 9.50. The van der Waals surface area contributed by atoms with Crippen molar-refractivity contribution in [1.82, 2.24) is 29.9 Å². The van der Waals surface area contributed by atoms with E-state index in [1.54, 1.807) is 6.07 Å². The number of alkyl carbamates (subject to hydrolysis) is 1. The maximum absolute atomic E-state index is 14.7. The van der Waals surface area contributed by atoms with Gasteiger partial charge in [-0.1, -0.05) is 0 Å². The largest absolute Gasteiger partial charge is 0.522 e. The van der Waals surface area contributed by atoms with Crippen molar-refractivity contribution in [3.05, 3.63) is 29.7 Å². The highest BCUT2D eigenvalue weighted by molar-refractivity contribution is 5.69. The van der Waals surface area contributed by atoms with E-state index in [1.165, 1.54) is 23.8 Å². The molecule has 0 saturated heterocycles. The zero-order valence-corrected chi connectivity index (χ0v) is 20.2. The Morgan fingerprint density at radius 2 is 2.03 bits per heavy atom. The van der Waals surface area contributed by atoms with Gasteiger partial charge in [-0.15, -0.1) is 13.2 Å². The van der Waals surface area contributed by atoms with Crippen molar-refractivity contribution in [2.24, 2.45) is 5.92 Å². The fourth-order valence-corrected chi connectivity index (χ4v) is 5.50. The maximum Gasteiger partial charge on any atom is 0.522 e. The summed E-state index contributed by atoms with van der Waals surface area (Å²) in [4.78, 5) is 20.7. The number of anilines is 2. The third kappa shape index (κ3) is 4.81. The smallest absolute Gasteiger partial charge is 0.481 e. The number of aromatic nitrogens is 5. The summed E-state index contributed by atoms with van der Waals surface area (Å²) in [5.41, 5.74) is 0.817. The predicted molar refractivity (Wildman–Crippen MR) is 123 cm³/mol. The monoisotopic (exact) mass is 539 g/mol. The van der Waals surface area contributed by atoms with E-state index in [9.17, 15) is 22.4 Å². The molecule has 3 N–H and O–H groups in total. The van der Waals surface area contributed by atoms with Gasteiger partial charge in [0.25, 0.3) is 0 Å². The van der Waals surface area contributed by atoms with Crippen LogP contribution in [0.15, 0.2) is 18.3 Å². The average molecular weight is 539 g/mol. The molecule has 3 heterocycles. The summed E-state index contributed by atoms with van der Waals surface area (Å²) in [6, 6.07) is 3.14. The van der Waals surface area contributed by atoms with Gasteiger partial charge in [-0.05, 0) is 38.0 Å². The van der Waals surface area contributed by atoms with E-state index in [0.29, 0.717) is 23.9 Å². The number of H-pyrrole nitrogens is 1. The zero-order valence-electron chi connectivity index (χ0n) is 20.2. The van der Waals surface area contributed by atoms with Gasteiger partial charge in [0.1, 0.15) is 17.9 Å². The number of carbonyl (C=O) groups excluding carboxylic acids is 1. The number of nitrogens with one attached hydrogen (secondary N) is 3. The molecule has 4 aliphatic carbocycles. The molecule has 3 atom stereocenters. The fourth-order valence-electron chi connectivity index (χ4n) is 5.50. The number of methoxy groups -OCH3 is 1. The first-order valence-corrected chi connectivity index (χ1v) is 12.2. The van der Waals surface area contributed by atoms with Crippen LogP contribution < -0.4 is 15.4 Å². The van der Waals surface area contributed by atoms with Crippen molar-refractivity contribution in [3.63, 3.8) is 0 Å². The van der Waals surface area contributed by atoms with E-state index in [4.69, 9.17) is 9.47 Å². The highest BCUT2D eigenvalue weighted by atomic mass is 19.4. The molecule has 3 aromatic heterocycles. The summed E-state index contributed by atoms with van der Waals surface area (Å²) >= 11 is 0. The van der Waals surface area contributed by atoms with Crippen LogP contribution in [0.2, 0.25) is 0 Å². The molecular formula is C23H25F4N7O4. The van der Waals surface area contributed by atoms with Gasteiger partial charge in [0, 0.05) is 35.5 Å². The average Bonchev–Trinajstić information content (AvgIpc) is 3.52. The minimum absolute atomic E-state index is 0.0344. The van der Waals surface area contributed by atoms with E-state index >= 15 is 0 Å². The molecular weight excluding hydrogens is 514 g/mol. The van der Waals surface area contributed by atoms with E-state index in [1.807, 2.05) is 0 Å². The summed E-state index contributed by atoms with van der Waals surface area (Å²) in [5.74, 6) is 1.15. The molecule has 0 unspecified atom stereocenters. The Labute approximate surface area is 213 Å². The van der Waals surface area contributed by atoms with E-state index in [-0.39, 0.29) is 41.0 Å². The van der Waals surface area contributed by atoms with Crippen LogP contribution >= 0.6 is 0 Å². The number of halogens is 4. The molecule has 4 saturated carbocycles. The van der Waals surface area contributed by atoms with Gasteiger partial charge in [-0.3, -0.25) is 14.2 Å². The molecule has 11 nitrogen and oxygen atoms in total. The number of rotatable bonds is 8. The number of hydrogen-bond acceptors (Lipinski definition) is 8. The number of imidazole rings is 1. The van der Waals surface area contributed by atoms with E-state index < -0.39 is 31.3 Å². The third-order valence-electron chi connectivity index (χ3n) is 7.44. The van der Waals surface area contributed by atoms with Crippen LogP contribution in [0.25, 0.3) is 5.65 Å². The Kier molecular flexibility index (Phi) is 5.85. The van der Waals surface area contributed by atoms with Crippen LogP contribution in [0.3, 0.4) is 0 Å². The van der Waals surface area contributed by atoms with Crippen LogP contribution in [0, 0.1) is 5.92 Å². The van der Waals surface area contributed by atoms with Crippen molar-refractivity contribution in [1.29, 1.82) is 0 Å². The highest BCUT2D eigenvalue weighted by Crippen LogP contribution is 2.57. The molecule has 204 valence electrons. The molecule has 7 rings (SSSR count). The number of fused-ring (bicyclic) bond motifs is 1. The van der Waals surface area contributed by atoms with Crippen LogP contribution in [-0.4, -0.2) is 61.9 Å². The first-order chi connectivity index (χ1) is 18.1. The Hall–Kier alpha value is -3.62. The van der Waals surface area contributed by atoms with Gasteiger partial charge in [0.05, 0.1) is 19.4 Å². The van der Waals surface area contributed by atoms with Gasteiger partial charge in [0.2, 0.25) is 11.8 Å². The molecule has 4 fully saturated rings. The zero-order chi connectivity index (χ0) is 26.7. The normalized spacial score (nSPS) is 28.0. The number of hydrogen-bond donors (Lipinski definition) is 3. The lowest BCUT2D eigenvalue weighted by molar-refractivity contribution is -0.330. The van der Waals surface area contributed by atoms with Crippen LogP contribution in [0.1, 0.15) is 49.4 Å². The molecule has 3 aromatic rings. The van der Waals surface area contributed by atoms with E-state index in [2.05, 4.69) is 35.5 Å². The van der Waals surface area contributed by atoms with Crippen LogP contribution in [0.4, 0.5) is 34.1 Å². The molecule has 15 heteroatoms. The first kappa shape index (κ1) is 24.7. The highest BCUT2D eigenvalue weighted by Gasteiger charge is 2.58. The van der Waals surface area contributed by atoms with Crippen molar-refractivity contribution in [2.45, 2.75) is 68.8 Å². The number of amides is 1. The Bertz CT molecular complexity index is 1340. The second-order valence-electron chi connectivity index (χ2n) is 10.2. The predicted octanol–water partition coefficient (Wildman–Crippen LogP) is 4.10. The Morgan fingerprint density at radius 3 is 2.71 bits per heavy atom. The SMILES string of the molecule is COc1cc2nc(COC(F)(F)F)cn2c(Nc2cc([C@H]3C[C@@H](F)[C@@H](OC(=O)NC45CC(C4)C5)C3)[nH]n2)n1. The molecule has 0 aliphatic heterocycles. The Morgan fingerprint density at radius 1 is 1.24 bits per heavy atom. The molecule has 38 heavy (non-hydrogen) atoms. The molecule has 0 aromatic carbocycles. The lowest BCUT2D eigenvalue weighted by Crippen LogP contribution is -2.68. The van der Waals surface area contributed by atoms with E-state index in [0.717, 1.165) is 19.3 Å². The topological polar surface area (TPSA) is 128 Å². The molecule has 0 spiro atoms. The van der Waals surface area contributed by atoms with Gasteiger partial charge < -0.3 is 20.1 Å². The standard InChI is InChI=1S/C23H25F4N7O4/c1-36-19-5-18-28-13(10-37-23(25,26)27)9-34(18)20(30-19)29-17-4-15(32-33-17)12-2-14(24)16(3-12)38-21(35)31-22-6-11(7-22)8-22/h4-5,9,11-12,14,16H,2-3,6-8,10H2,1H3,(H,31,35)(H2,29,30,32,33)/t11?,12-,14+,16-,22?/m0/s1. The molecule has 2 bridgehead atoms. The van der Waals surface area contributed by atoms with Gasteiger partial charge in [-0.2, -0.15) is 10.1 Å². The number of nitrogens with zero attached hydrogens (tertiary/aromatic N) is 4. The van der Waals surface area contributed by atoms with Crippen molar-refractivity contribution < 1.29 is 36.6 Å². The van der Waals surface area contributed by atoms with Gasteiger partial charge in [0.15, 0.2) is 5.82 Å². The lowest BCUT2D eigenvalue weighted by Gasteiger charge is -2.61. The maximum atomic E-state index is 14.7. The first-order valence-electron chi connectivity index (χ1n) is 12.2. The Balaban J connectivity index is 1.12. The third-order valence-corrected chi connectivity index (χ3v) is 7.44. The van der Waals surface area contributed by atoms with Crippen molar-refractivity contribution >= 4 is 23.5 Å². The number of aromatic amines is 1. The molecule has 1 amide bonds. The second-order valence-corrected chi connectivity index (χ2v) is 10.2. The number of alkyl halides is 4. The van der Waals surface area contributed by atoms with Crippen molar-refractivity contribution in [3.8, 4) is 5.88 Å². The molecule has 4 aliphatic rings.